The smallest absolute Gasteiger partial charge is 0.306 e. The fraction of sp³-hybridized carbons (Fsp3) is 0.818. The molecular formula is C55H101NO5. The summed E-state index contributed by atoms with van der Waals surface area (Å²) in [5, 5.41) is 23.8. The molecule has 0 aliphatic heterocycles. The van der Waals surface area contributed by atoms with Crippen LogP contribution in [-0.4, -0.2) is 46.9 Å². The molecule has 3 atom stereocenters. The van der Waals surface area contributed by atoms with E-state index in [1.165, 1.54) is 122 Å². The van der Waals surface area contributed by atoms with Crippen molar-refractivity contribution in [2.75, 3.05) is 6.61 Å². The van der Waals surface area contributed by atoms with Gasteiger partial charge in [0, 0.05) is 6.42 Å². The number of carbonyl (C=O) groups excluding carboxylic acids is 2. The summed E-state index contributed by atoms with van der Waals surface area (Å²) in [5.74, 6) is -0.498. The second kappa shape index (κ2) is 48.8. The maximum atomic E-state index is 13.2. The van der Waals surface area contributed by atoms with E-state index in [4.69, 9.17) is 4.74 Å². The van der Waals surface area contributed by atoms with Crippen LogP contribution in [0.3, 0.4) is 0 Å². The number of unbranched alkanes of at least 4 members (excludes halogenated alkanes) is 27. The Morgan fingerprint density at radius 1 is 0.492 bits per heavy atom. The van der Waals surface area contributed by atoms with Crippen LogP contribution in [0.5, 0.6) is 0 Å². The lowest BCUT2D eigenvalue weighted by molar-refractivity contribution is -0.151. The van der Waals surface area contributed by atoms with E-state index in [-0.39, 0.29) is 24.9 Å². The molecule has 6 heteroatoms. The first kappa shape index (κ1) is 58.8. The van der Waals surface area contributed by atoms with Gasteiger partial charge >= 0.3 is 5.97 Å². The molecule has 0 fully saturated rings. The Bertz CT molecular complexity index is 1050. The van der Waals surface area contributed by atoms with E-state index >= 15 is 0 Å². The van der Waals surface area contributed by atoms with Gasteiger partial charge in [-0.05, 0) is 83.5 Å². The van der Waals surface area contributed by atoms with Crippen LogP contribution in [0.1, 0.15) is 265 Å². The fourth-order valence-corrected chi connectivity index (χ4v) is 7.91. The van der Waals surface area contributed by atoms with E-state index in [9.17, 15) is 19.8 Å². The minimum Gasteiger partial charge on any atom is -0.462 e. The van der Waals surface area contributed by atoms with E-state index in [2.05, 4.69) is 74.7 Å². The van der Waals surface area contributed by atoms with Crippen molar-refractivity contribution in [1.82, 2.24) is 5.32 Å². The molecule has 0 aromatic heterocycles. The van der Waals surface area contributed by atoms with Crippen LogP contribution < -0.4 is 5.32 Å². The molecule has 3 unspecified atom stereocenters. The summed E-state index contributed by atoms with van der Waals surface area (Å²) in [7, 11) is 0. The average molecular weight is 856 g/mol. The van der Waals surface area contributed by atoms with Gasteiger partial charge in [0.25, 0.3) is 0 Å². The lowest BCUT2D eigenvalue weighted by atomic mass is 10.0. The predicted molar refractivity (Wildman–Crippen MR) is 264 cm³/mol. The van der Waals surface area contributed by atoms with Gasteiger partial charge < -0.3 is 20.3 Å². The van der Waals surface area contributed by atoms with Gasteiger partial charge in [0.05, 0.1) is 25.2 Å². The van der Waals surface area contributed by atoms with E-state index in [1.54, 1.807) is 0 Å². The summed E-state index contributed by atoms with van der Waals surface area (Å²) in [5.41, 5.74) is 0. The number of hydrogen-bond acceptors (Lipinski definition) is 5. The molecule has 0 bridgehead atoms. The summed E-state index contributed by atoms with van der Waals surface area (Å²) < 4.78 is 5.93. The van der Waals surface area contributed by atoms with Crippen molar-refractivity contribution in [1.29, 1.82) is 0 Å². The Balaban J connectivity index is 4.61. The van der Waals surface area contributed by atoms with E-state index < -0.39 is 18.2 Å². The number of aliphatic hydroxyl groups is 2. The van der Waals surface area contributed by atoms with Crippen LogP contribution in [0.4, 0.5) is 0 Å². The Hall–Kier alpha value is -2.18. The molecule has 0 aliphatic rings. The molecular weight excluding hydrogens is 755 g/mol. The quantitative estimate of drug-likeness (QED) is 0.0322. The van der Waals surface area contributed by atoms with Gasteiger partial charge in [0.15, 0.2) is 0 Å². The van der Waals surface area contributed by atoms with Crippen LogP contribution in [0.2, 0.25) is 0 Å². The van der Waals surface area contributed by atoms with Crippen LogP contribution >= 0.6 is 0 Å². The topological polar surface area (TPSA) is 95.9 Å². The SMILES string of the molecule is CC/C=C/C/C=C/C/C=C/CCCCCCCCC(=O)OC(CCCCC/C=C/CCCCCCCCC)CC(=O)NC(CO)C(O)CCCCCCCCCCCCCC. The molecule has 6 nitrogen and oxygen atoms in total. The molecule has 0 heterocycles. The number of ether oxygens (including phenoxy) is 1. The van der Waals surface area contributed by atoms with E-state index in [0.29, 0.717) is 19.3 Å². The Morgan fingerprint density at radius 3 is 1.38 bits per heavy atom. The fourth-order valence-electron chi connectivity index (χ4n) is 7.91. The number of rotatable bonds is 47. The van der Waals surface area contributed by atoms with Crippen LogP contribution in [-0.2, 0) is 14.3 Å². The predicted octanol–water partition coefficient (Wildman–Crippen LogP) is 15.8. The molecule has 0 spiro atoms. The van der Waals surface area contributed by atoms with Crippen molar-refractivity contribution in [2.24, 2.45) is 0 Å². The molecule has 0 aromatic carbocycles. The number of hydrogen-bond donors (Lipinski definition) is 3. The summed E-state index contributed by atoms with van der Waals surface area (Å²) in [6, 6.07) is -0.708. The van der Waals surface area contributed by atoms with Gasteiger partial charge in [0.1, 0.15) is 6.10 Å². The Kier molecular flexibility index (Phi) is 47.1. The first-order valence-corrected chi connectivity index (χ1v) is 26.4. The lowest BCUT2D eigenvalue weighted by Crippen LogP contribution is -2.46. The highest BCUT2D eigenvalue weighted by Gasteiger charge is 2.24. The molecule has 1 amide bonds. The monoisotopic (exact) mass is 856 g/mol. The standard InChI is InChI=1S/C55H101NO5/c1-4-7-10-13-16-19-22-25-27-28-30-33-36-39-42-45-48-55(60)61-51(46-43-40-37-34-31-29-26-23-20-17-14-11-8-5-2)49-54(59)56-52(50-57)53(58)47-44-41-38-35-32-24-21-18-15-12-9-6-3/h7,10,16,19,25,27,29,31,51-53,57-58H,4-6,8-9,11-15,17-18,20-24,26,28,30,32-50H2,1-3H3,(H,56,59)/b10-7+,19-16+,27-25+,31-29+. The summed E-state index contributed by atoms with van der Waals surface area (Å²) in [4.78, 5) is 26.2. The maximum Gasteiger partial charge on any atom is 0.306 e. The number of amides is 1. The van der Waals surface area contributed by atoms with Gasteiger partial charge in [-0.3, -0.25) is 9.59 Å². The minimum atomic E-state index is -0.793. The molecule has 0 aromatic rings. The Morgan fingerprint density at radius 2 is 0.885 bits per heavy atom. The number of allylic oxidation sites excluding steroid dienone is 8. The lowest BCUT2D eigenvalue weighted by Gasteiger charge is -2.24. The largest absolute Gasteiger partial charge is 0.462 e. The molecule has 356 valence electrons. The van der Waals surface area contributed by atoms with Crippen LogP contribution in [0.25, 0.3) is 0 Å². The average Bonchev–Trinajstić information content (AvgIpc) is 3.25. The molecule has 3 N–H and O–H groups in total. The van der Waals surface area contributed by atoms with E-state index in [0.717, 1.165) is 96.3 Å². The number of nitrogens with one attached hydrogen (secondary N) is 1. The first-order chi connectivity index (χ1) is 30.0. The molecule has 0 saturated heterocycles. The third-order valence-electron chi connectivity index (χ3n) is 11.9. The summed E-state index contributed by atoms with van der Waals surface area (Å²) in [6.07, 6.45) is 58.8. The minimum absolute atomic E-state index is 0.0624. The molecule has 0 rings (SSSR count). The highest BCUT2D eigenvalue weighted by Crippen LogP contribution is 2.17. The summed E-state index contributed by atoms with van der Waals surface area (Å²) in [6.45, 7) is 6.37. The van der Waals surface area contributed by atoms with Crippen molar-refractivity contribution in [3.63, 3.8) is 0 Å². The second-order valence-electron chi connectivity index (χ2n) is 17.9. The number of aliphatic hydroxyl groups excluding tert-OH is 2. The number of carbonyl (C=O) groups is 2. The first-order valence-electron chi connectivity index (χ1n) is 26.4. The highest BCUT2D eigenvalue weighted by atomic mass is 16.5. The number of esters is 1. The zero-order valence-corrected chi connectivity index (χ0v) is 40.5. The maximum absolute atomic E-state index is 13.2. The van der Waals surface area contributed by atoms with Crippen LogP contribution in [0.15, 0.2) is 48.6 Å². The van der Waals surface area contributed by atoms with Crippen molar-refractivity contribution in [3.05, 3.63) is 48.6 Å². The normalized spacial score (nSPS) is 13.6. The molecule has 0 aliphatic carbocycles. The van der Waals surface area contributed by atoms with Crippen molar-refractivity contribution < 1.29 is 24.5 Å². The summed E-state index contributed by atoms with van der Waals surface area (Å²) >= 11 is 0. The van der Waals surface area contributed by atoms with Crippen molar-refractivity contribution in [2.45, 2.75) is 283 Å². The third kappa shape index (κ3) is 44.2. The van der Waals surface area contributed by atoms with E-state index in [1.807, 2.05) is 0 Å². The van der Waals surface area contributed by atoms with Crippen LogP contribution in [0, 0.1) is 0 Å². The van der Waals surface area contributed by atoms with Gasteiger partial charge in [-0.25, -0.2) is 0 Å². The molecule has 0 radical (unpaired) electrons. The third-order valence-corrected chi connectivity index (χ3v) is 11.9. The van der Waals surface area contributed by atoms with Gasteiger partial charge in [-0.2, -0.15) is 0 Å². The zero-order chi connectivity index (χ0) is 44.5. The molecule has 0 saturated carbocycles. The Labute approximate surface area is 378 Å². The van der Waals surface area contributed by atoms with Crippen molar-refractivity contribution >= 4 is 11.9 Å². The van der Waals surface area contributed by atoms with Crippen molar-refractivity contribution in [3.8, 4) is 0 Å². The second-order valence-corrected chi connectivity index (χ2v) is 17.9. The van der Waals surface area contributed by atoms with Gasteiger partial charge in [0.2, 0.25) is 5.91 Å². The highest BCUT2D eigenvalue weighted by molar-refractivity contribution is 5.77. The van der Waals surface area contributed by atoms with Gasteiger partial charge in [-0.15, -0.1) is 0 Å². The molecule has 61 heavy (non-hydrogen) atoms. The zero-order valence-electron chi connectivity index (χ0n) is 40.5. The van der Waals surface area contributed by atoms with Gasteiger partial charge in [-0.1, -0.05) is 217 Å².